The quantitative estimate of drug-likeness (QED) is 0.743. The van der Waals surface area contributed by atoms with Gasteiger partial charge in [-0.1, -0.05) is 61.9 Å². The fourth-order valence-corrected chi connectivity index (χ4v) is 2.53. The Morgan fingerprint density at radius 3 is 2.15 bits per heavy atom. The van der Waals surface area contributed by atoms with Gasteiger partial charge in [-0.15, -0.1) is 0 Å². The highest BCUT2D eigenvalue weighted by atomic mass is 14.3. The van der Waals surface area contributed by atoms with Crippen LogP contribution in [0.5, 0.6) is 0 Å². The number of aryl methyl sites for hydroxylation is 2. The van der Waals surface area contributed by atoms with Crippen LogP contribution in [-0.2, 0) is 0 Å². The molecular formula is C19H21N. The largest absolute Gasteiger partial charge is 0.198 e. The van der Waals surface area contributed by atoms with Crippen molar-refractivity contribution in [3.8, 4) is 17.2 Å². The Hall–Kier alpha value is -2.07. The molecule has 0 aromatic heterocycles. The Balaban J connectivity index is 2.38. The zero-order valence-corrected chi connectivity index (χ0v) is 12.6. The first-order chi connectivity index (χ1) is 9.52. The maximum absolute atomic E-state index is 9.27. The molecule has 1 atom stereocenters. The summed E-state index contributed by atoms with van der Waals surface area (Å²) in [7, 11) is 0. The molecule has 20 heavy (non-hydrogen) atoms. The molecule has 0 spiro atoms. The molecule has 0 fully saturated rings. The Morgan fingerprint density at radius 1 is 0.950 bits per heavy atom. The van der Waals surface area contributed by atoms with Gasteiger partial charge in [0.25, 0.3) is 0 Å². The van der Waals surface area contributed by atoms with Crippen molar-refractivity contribution in [1.82, 2.24) is 0 Å². The van der Waals surface area contributed by atoms with Crippen LogP contribution >= 0.6 is 0 Å². The number of rotatable bonds is 3. The first-order valence-electron chi connectivity index (χ1n) is 7.10. The second-order valence-corrected chi connectivity index (χ2v) is 5.79. The van der Waals surface area contributed by atoms with Crippen LogP contribution in [-0.4, -0.2) is 0 Å². The zero-order chi connectivity index (χ0) is 14.7. The van der Waals surface area contributed by atoms with Gasteiger partial charge in [0.2, 0.25) is 0 Å². The highest BCUT2D eigenvalue weighted by molar-refractivity contribution is 5.68. The Bertz CT molecular complexity index is 630. The number of hydrogen-bond donors (Lipinski definition) is 0. The lowest BCUT2D eigenvalue weighted by atomic mass is 9.88. The van der Waals surface area contributed by atoms with Crippen molar-refractivity contribution < 1.29 is 0 Å². The molecule has 2 rings (SSSR count). The third kappa shape index (κ3) is 2.91. The van der Waals surface area contributed by atoms with Gasteiger partial charge in [-0.3, -0.25) is 0 Å². The fraction of sp³-hybridized carbons (Fsp3) is 0.316. The van der Waals surface area contributed by atoms with Crippen LogP contribution in [0.2, 0.25) is 0 Å². The standard InChI is InChI=1S/C19H21N/c1-13(2)19(12-20)17-9-7-16(8-10-17)18-11-14(3)5-6-15(18)4/h5-11,13,19H,1-4H3. The van der Waals surface area contributed by atoms with Gasteiger partial charge in [-0.2, -0.15) is 5.26 Å². The molecule has 2 aromatic carbocycles. The minimum atomic E-state index is -0.0253. The molecule has 0 aliphatic rings. The summed E-state index contributed by atoms with van der Waals surface area (Å²) in [4.78, 5) is 0. The Kier molecular flexibility index (Phi) is 4.25. The minimum absolute atomic E-state index is 0.0253. The van der Waals surface area contributed by atoms with E-state index in [1.807, 2.05) is 0 Å². The van der Waals surface area contributed by atoms with Gasteiger partial charge in [0.15, 0.2) is 0 Å². The van der Waals surface area contributed by atoms with E-state index >= 15 is 0 Å². The SMILES string of the molecule is Cc1ccc(C)c(-c2ccc(C(C#N)C(C)C)cc2)c1. The van der Waals surface area contributed by atoms with Crippen LogP contribution in [0.25, 0.3) is 11.1 Å². The molecule has 0 saturated carbocycles. The predicted octanol–water partition coefficient (Wildman–Crippen LogP) is 5.23. The van der Waals surface area contributed by atoms with Gasteiger partial charge in [-0.05, 0) is 42.0 Å². The average Bonchev–Trinajstić information content (AvgIpc) is 2.43. The first-order valence-corrected chi connectivity index (χ1v) is 7.10. The van der Waals surface area contributed by atoms with Gasteiger partial charge < -0.3 is 0 Å². The van der Waals surface area contributed by atoms with E-state index in [-0.39, 0.29) is 5.92 Å². The second kappa shape index (κ2) is 5.92. The highest BCUT2D eigenvalue weighted by Crippen LogP contribution is 2.28. The first kappa shape index (κ1) is 14.3. The lowest BCUT2D eigenvalue weighted by Crippen LogP contribution is -2.03. The molecule has 0 aliphatic carbocycles. The molecule has 102 valence electrons. The lowest BCUT2D eigenvalue weighted by Gasteiger charge is -2.14. The van der Waals surface area contributed by atoms with Crippen molar-refractivity contribution in [2.24, 2.45) is 5.92 Å². The third-order valence-corrected chi connectivity index (χ3v) is 3.78. The summed E-state index contributed by atoms with van der Waals surface area (Å²) in [5, 5.41) is 9.27. The molecule has 0 N–H and O–H groups in total. The minimum Gasteiger partial charge on any atom is -0.198 e. The molecule has 0 radical (unpaired) electrons. The summed E-state index contributed by atoms with van der Waals surface area (Å²) in [6, 6.07) is 17.3. The van der Waals surface area contributed by atoms with Crippen molar-refractivity contribution in [3.63, 3.8) is 0 Å². The van der Waals surface area contributed by atoms with Crippen LogP contribution in [0, 0.1) is 31.1 Å². The fourth-order valence-electron chi connectivity index (χ4n) is 2.53. The van der Waals surface area contributed by atoms with Gasteiger partial charge in [0, 0.05) is 0 Å². The van der Waals surface area contributed by atoms with Crippen LogP contribution in [0.4, 0.5) is 0 Å². The number of benzene rings is 2. The summed E-state index contributed by atoms with van der Waals surface area (Å²) in [5.74, 6) is 0.314. The van der Waals surface area contributed by atoms with Crippen LogP contribution in [0.15, 0.2) is 42.5 Å². The molecule has 1 unspecified atom stereocenters. The molecular weight excluding hydrogens is 242 g/mol. The third-order valence-electron chi connectivity index (χ3n) is 3.78. The maximum atomic E-state index is 9.27. The lowest BCUT2D eigenvalue weighted by molar-refractivity contribution is 0.587. The van der Waals surface area contributed by atoms with E-state index in [0.717, 1.165) is 5.56 Å². The van der Waals surface area contributed by atoms with Crippen LogP contribution < -0.4 is 0 Å². The normalized spacial score (nSPS) is 12.2. The van der Waals surface area contributed by atoms with Gasteiger partial charge in [0.1, 0.15) is 0 Å². The molecule has 1 heteroatoms. The van der Waals surface area contributed by atoms with Gasteiger partial charge >= 0.3 is 0 Å². The zero-order valence-electron chi connectivity index (χ0n) is 12.6. The van der Waals surface area contributed by atoms with Crippen molar-refractivity contribution in [1.29, 1.82) is 5.26 Å². The summed E-state index contributed by atoms with van der Waals surface area (Å²) < 4.78 is 0. The van der Waals surface area contributed by atoms with E-state index in [4.69, 9.17) is 0 Å². The summed E-state index contributed by atoms with van der Waals surface area (Å²) in [5.41, 5.74) is 6.15. The number of nitrogens with zero attached hydrogens (tertiary/aromatic N) is 1. The van der Waals surface area contributed by atoms with Gasteiger partial charge in [0.05, 0.1) is 12.0 Å². The van der Waals surface area contributed by atoms with Crippen molar-refractivity contribution in [3.05, 3.63) is 59.2 Å². The molecule has 0 heterocycles. The average molecular weight is 263 g/mol. The molecule has 0 saturated heterocycles. The molecule has 0 aliphatic heterocycles. The molecule has 1 nitrogen and oxygen atoms in total. The van der Waals surface area contributed by atoms with E-state index in [2.05, 4.69) is 76.2 Å². The van der Waals surface area contributed by atoms with Crippen molar-refractivity contribution in [2.75, 3.05) is 0 Å². The van der Waals surface area contributed by atoms with Crippen LogP contribution in [0.1, 0.15) is 36.5 Å². The smallest absolute Gasteiger partial charge is 0.0735 e. The molecule has 2 aromatic rings. The second-order valence-electron chi connectivity index (χ2n) is 5.79. The number of nitriles is 1. The topological polar surface area (TPSA) is 23.8 Å². The Labute approximate surface area is 121 Å². The van der Waals surface area contributed by atoms with E-state index in [0.29, 0.717) is 5.92 Å². The van der Waals surface area contributed by atoms with Crippen LogP contribution in [0.3, 0.4) is 0 Å². The maximum Gasteiger partial charge on any atom is 0.0735 e. The van der Waals surface area contributed by atoms with E-state index < -0.39 is 0 Å². The van der Waals surface area contributed by atoms with Crippen molar-refractivity contribution in [2.45, 2.75) is 33.6 Å². The summed E-state index contributed by atoms with van der Waals surface area (Å²) in [6.07, 6.45) is 0. The van der Waals surface area contributed by atoms with E-state index in [9.17, 15) is 5.26 Å². The Morgan fingerprint density at radius 2 is 1.60 bits per heavy atom. The highest BCUT2D eigenvalue weighted by Gasteiger charge is 2.14. The van der Waals surface area contributed by atoms with Crippen molar-refractivity contribution >= 4 is 0 Å². The summed E-state index contributed by atoms with van der Waals surface area (Å²) in [6.45, 7) is 8.43. The predicted molar refractivity (Wildman–Crippen MR) is 84.5 cm³/mol. The number of hydrogen-bond acceptors (Lipinski definition) is 1. The molecule has 0 bridgehead atoms. The molecule has 0 amide bonds. The van der Waals surface area contributed by atoms with E-state index in [1.165, 1.54) is 22.3 Å². The summed E-state index contributed by atoms with van der Waals surface area (Å²) >= 11 is 0. The van der Waals surface area contributed by atoms with E-state index in [1.54, 1.807) is 0 Å². The van der Waals surface area contributed by atoms with Gasteiger partial charge in [-0.25, -0.2) is 0 Å². The monoisotopic (exact) mass is 263 g/mol.